The van der Waals surface area contributed by atoms with Gasteiger partial charge in [-0.3, -0.25) is 29.4 Å². The van der Waals surface area contributed by atoms with Crippen molar-refractivity contribution in [1.29, 1.82) is 0 Å². The number of amides is 5. The van der Waals surface area contributed by atoms with Gasteiger partial charge in [-0.15, -0.1) is 11.8 Å². The molecule has 72 heavy (non-hydrogen) atoms. The lowest BCUT2D eigenvalue weighted by Gasteiger charge is -2.64. The first-order valence-corrected chi connectivity index (χ1v) is 29.7. The molecule has 14 nitrogen and oxygen atoms in total. The van der Waals surface area contributed by atoms with Crippen molar-refractivity contribution in [2.75, 3.05) is 37.8 Å². The molecule has 0 aromatic heterocycles. The van der Waals surface area contributed by atoms with Gasteiger partial charge in [0.1, 0.15) is 6.10 Å². The number of hydrogen-bond acceptors (Lipinski definition) is 11. The van der Waals surface area contributed by atoms with Crippen molar-refractivity contribution in [3.05, 3.63) is 29.8 Å². The van der Waals surface area contributed by atoms with Gasteiger partial charge in [0.25, 0.3) is 0 Å². The van der Waals surface area contributed by atoms with Gasteiger partial charge in [-0.1, -0.05) is 83.3 Å². The van der Waals surface area contributed by atoms with E-state index >= 15 is 0 Å². The van der Waals surface area contributed by atoms with Crippen LogP contribution in [-0.2, 0) is 49.8 Å². The maximum atomic E-state index is 14.0. The zero-order chi connectivity index (χ0) is 50.1. The van der Waals surface area contributed by atoms with Crippen molar-refractivity contribution in [3.8, 4) is 0 Å². The number of benzene rings is 1. The lowest BCUT2D eigenvalue weighted by atomic mass is 9.49. The van der Waals surface area contributed by atoms with Crippen LogP contribution in [0.2, 0.25) is 0 Å². The Balaban J connectivity index is 0.674. The third kappa shape index (κ3) is 12.9. The van der Waals surface area contributed by atoms with Crippen LogP contribution in [0.4, 0.5) is 10.5 Å². The minimum absolute atomic E-state index is 0.0269. The second-order valence-corrected chi connectivity index (χ2v) is 24.8. The summed E-state index contributed by atoms with van der Waals surface area (Å²) in [6, 6.07) is 7.73. The molecule has 5 atom stereocenters. The van der Waals surface area contributed by atoms with E-state index in [-0.39, 0.29) is 59.3 Å². The summed E-state index contributed by atoms with van der Waals surface area (Å²) >= 11 is 1.43. The zero-order valence-electron chi connectivity index (χ0n) is 43.6. The minimum Gasteiger partial charge on any atom is -0.446 e. The van der Waals surface area contributed by atoms with Gasteiger partial charge in [-0.25, -0.2) is 4.79 Å². The molecule has 9 aliphatic rings. The van der Waals surface area contributed by atoms with E-state index in [4.69, 9.17) is 24.0 Å². The van der Waals surface area contributed by atoms with Crippen LogP contribution in [0.25, 0.3) is 0 Å². The van der Waals surface area contributed by atoms with E-state index in [2.05, 4.69) is 17.6 Å². The third-order valence-corrected chi connectivity index (χ3v) is 19.6. The molecule has 2 spiro atoms. The second-order valence-electron chi connectivity index (χ2n) is 23.5. The number of rotatable bonds is 25. The number of hydrogen-bond donors (Lipinski definition) is 2. The van der Waals surface area contributed by atoms with Crippen LogP contribution in [0, 0.1) is 35.5 Å². The molecule has 400 valence electrons. The SMILES string of the molecule is CCCCCCCCCCCCOCc1ccc(NC(=O)OC2CCC[C@]3(C2)OOC2(O3)C3CC4CC2CC(N(C)C(=O)CCSC2CC(=O)N(CC5CCC(C(=O)NCC6CCC6)CC5)C2=O)(C4)C3)cc1. The van der Waals surface area contributed by atoms with Crippen molar-refractivity contribution in [2.45, 2.75) is 222 Å². The predicted octanol–water partition coefficient (Wildman–Crippen LogP) is 11.0. The molecule has 2 saturated heterocycles. The topological polar surface area (TPSA) is 162 Å². The summed E-state index contributed by atoms with van der Waals surface area (Å²) in [7, 11) is 1.94. The smallest absolute Gasteiger partial charge is 0.411 e. The highest BCUT2D eigenvalue weighted by molar-refractivity contribution is 8.00. The van der Waals surface area contributed by atoms with E-state index in [1.165, 1.54) is 93.7 Å². The molecule has 4 unspecified atom stereocenters. The second kappa shape index (κ2) is 24.6. The Labute approximate surface area is 433 Å². The number of thioether (sulfide) groups is 1. The van der Waals surface area contributed by atoms with E-state index in [9.17, 15) is 24.0 Å². The molecule has 4 bridgehead atoms. The number of nitrogens with zero attached hydrogens (tertiary/aromatic N) is 2. The lowest BCUT2D eigenvalue weighted by Crippen LogP contribution is -2.69. The van der Waals surface area contributed by atoms with E-state index < -0.39 is 29.0 Å². The number of carbonyl (C=O) groups is 5. The molecule has 5 amide bonds. The fourth-order valence-corrected chi connectivity index (χ4v) is 15.1. The molecule has 15 heteroatoms. The monoisotopic (exact) mass is 1020 g/mol. The van der Waals surface area contributed by atoms with Crippen LogP contribution in [-0.4, -0.2) is 100 Å². The Morgan fingerprint density at radius 3 is 2.22 bits per heavy atom. The summed E-state index contributed by atoms with van der Waals surface area (Å²) in [6.45, 7) is 4.79. The van der Waals surface area contributed by atoms with Crippen LogP contribution in [0.5, 0.6) is 0 Å². The molecule has 0 radical (unpaired) electrons. The number of ether oxygens (including phenoxy) is 3. The molecule has 1 aromatic carbocycles. The Kier molecular flexibility index (Phi) is 18.3. The summed E-state index contributed by atoms with van der Waals surface area (Å²) in [5.74, 6) is 0.00831. The maximum absolute atomic E-state index is 14.0. The lowest BCUT2D eigenvalue weighted by molar-refractivity contribution is -0.394. The number of nitrogens with one attached hydrogen (secondary N) is 2. The van der Waals surface area contributed by atoms with Gasteiger partial charge < -0.3 is 24.4 Å². The highest BCUT2D eigenvalue weighted by Crippen LogP contribution is 2.66. The molecular formula is C57H86N4O10S. The number of unbranched alkanes of at least 4 members (excludes halogenated alkanes) is 9. The van der Waals surface area contributed by atoms with Crippen molar-refractivity contribution in [2.24, 2.45) is 35.5 Å². The Morgan fingerprint density at radius 1 is 0.819 bits per heavy atom. The standard InChI is InChI=1S/C57H86N4O10S/c1-3-4-5-6-7-8-9-10-11-12-28-67-39-42-20-24-47(25-21-42)59-54(66)68-48-17-14-27-56(36-48)69-57(71-70-56)45-30-43-31-46(57)35-55(33-43,34-45)60(2)50(62)26-29-72-49-32-51(63)61(53(49)65)38-41-18-22-44(23-19-41)52(64)58-37-40-15-13-16-40/h20-21,24-25,40-41,43-46,48-49H,3-19,22-23,26-39H2,1-2H3,(H,58,64)(H,59,66)/t41?,43?,44?,45?,46?,48?,49?,55?,56-,57?/m1/s1. The average molecular weight is 1020 g/mol. The molecule has 7 aliphatic carbocycles. The number of likely N-dealkylation sites (tertiary alicyclic amines) is 1. The van der Waals surface area contributed by atoms with Gasteiger partial charge in [0.05, 0.1) is 11.9 Å². The van der Waals surface area contributed by atoms with Gasteiger partial charge in [-0.05, 0) is 125 Å². The van der Waals surface area contributed by atoms with Crippen LogP contribution >= 0.6 is 11.8 Å². The summed E-state index contributed by atoms with van der Waals surface area (Å²) in [6.07, 6.45) is 26.5. The van der Waals surface area contributed by atoms with E-state index in [0.29, 0.717) is 62.1 Å². The molecule has 2 N–H and O–H groups in total. The fourth-order valence-electron chi connectivity index (χ4n) is 14.0. The van der Waals surface area contributed by atoms with Crippen LogP contribution in [0.3, 0.4) is 0 Å². The molecular weight excluding hydrogens is 933 g/mol. The summed E-state index contributed by atoms with van der Waals surface area (Å²) in [5.41, 5.74) is 1.43. The van der Waals surface area contributed by atoms with Gasteiger partial charge >= 0.3 is 6.09 Å². The van der Waals surface area contributed by atoms with Gasteiger partial charge in [0.15, 0.2) is 0 Å². The van der Waals surface area contributed by atoms with Gasteiger partial charge in [0, 0.05) is 87.2 Å². The predicted molar refractivity (Wildman–Crippen MR) is 276 cm³/mol. The number of anilines is 1. The number of imide groups is 1. The molecule has 9 fully saturated rings. The van der Waals surface area contributed by atoms with Gasteiger partial charge in [-0.2, -0.15) is 9.78 Å². The van der Waals surface area contributed by atoms with Crippen molar-refractivity contribution >= 4 is 47.2 Å². The van der Waals surface area contributed by atoms with Crippen LogP contribution < -0.4 is 10.6 Å². The summed E-state index contributed by atoms with van der Waals surface area (Å²) in [4.78, 5) is 82.5. The fraction of sp³-hybridized carbons (Fsp3) is 0.807. The van der Waals surface area contributed by atoms with E-state index in [0.717, 1.165) is 89.3 Å². The van der Waals surface area contributed by atoms with Crippen molar-refractivity contribution in [1.82, 2.24) is 15.1 Å². The third-order valence-electron chi connectivity index (χ3n) is 18.3. The quantitative estimate of drug-likeness (QED) is 0.0545. The van der Waals surface area contributed by atoms with Crippen molar-refractivity contribution < 1.29 is 48.0 Å². The summed E-state index contributed by atoms with van der Waals surface area (Å²) in [5, 5.41) is 5.60. The van der Waals surface area contributed by atoms with Crippen molar-refractivity contribution in [3.63, 3.8) is 0 Å². The largest absolute Gasteiger partial charge is 0.446 e. The normalized spacial score (nSPS) is 32.9. The first-order valence-electron chi connectivity index (χ1n) is 28.7. The molecule has 10 rings (SSSR count). The Morgan fingerprint density at radius 2 is 1.53 bits per heavy atom. The minimum atomic E-state index is -0.999. The summed E-state index contributed by atoms with van der Waals surface area (Å²) < 4.78 is 19.0. The highest BCUT2D eigenvalue weighted by Gasteiger charge is 2.71. The first-order chi connectivity index (χ1) is 34.9. The van der Waals surface area contributed by atoms with Crippen LogP contribution in [0.15, 0.2) is 24.3 Å². The maximum Gasteiger partial charge on any atom is 0.411 e. The van der Waals surface area contributed by atoms with Crippen LogP contribution in [0.1, 0.15) is 192 Å². The number of carbonyl (C=O) groups excluding carboxylic acids is 5. The molecule has 7 saturated carbocycles. The molecule has 2 aliphatic heterocycles. The van der Waals surface area contributed by atoms with E-state index in [1.54, 1.807) is 0 Å². The highest BCUT2D eigenvalue weighted by atomic mass is 32.2. The Bertz CT molecular complexity index is 1990. The average Bonchev–Trinajstić information content (AvgIpc) is 3.85. The molecule has 2 heterocycles. The molecule has 1 aromatic rings. The zero-order valence-corrected chi connectivity index (χ0v) is 44.5. The van der Waals surface area contributed by atoms with E-state index in [1.807, 2.05) is 36.2 Å². The van der Waals surface area contributed by atoms with Gasteiger partial charge in [0.2, 0.25) is 35.2 Å². The first kappa shape index (κ1) is 53.6. The Hall–Kier alpha value is -3.24.